The van der Waals surface area contributed by atoms with E-state index < -0.39 is 11.9 Å². The molecule has 1 saturated carbocycles. The minimum atomic E-state index is -0.817. The molecule has 0 aromatic carbocycles. The molecule has 1 aliphatic carbocycles. The molecule has 20 heavy (non-hydrogen) atoms. The molecule has 0 bridgehead atoms. The van der Waals surface area contributed by atoms with E-state index >= 15 is 0 Å². The molecule has 5 heteroatoms. The second-order valence-corrected chi connectivity index (χ2v) is 5.35. The van der Waals surface area contributed by atoms with Crippen LogP contribution in [0, 0.1) is 12.8 Å². The summed E-state index contributed by atoms with van der Waals surface area (Å²) < 4.78 is 0. The van der Waals surface area contributed by atoms with E-state index in [2.05, 4.69) is 10.3 Å². The number of rotatable bonds is 3. The van der Waals surface area contributed by atoms with E-state index in [0.29, 0.717) is 12.0 Å². The van der Waals surface area contributed by atoms with Crippen molar-refractivity contribution in [3.8, 4) is 0 Å². The number of aliphatic carboxylic acids is 1. The monoisotopic (exact) mass is 276 g/mol. The van der Waals surface area contributed by atoms with Crippen LogP contribution in [0.5, 0.6) is 0 Å². The second kappa shape index (κ2) is 6.50. The van der Waals surface area contributed by atoms with Crippen LogP contribution in [-0.2, 0) is 4.79 Å². The Hall–Kier alpha value is -1.91. The van der Waals surface area contributed by atoms with Crippen LogP contribution < -0.4 is 5.32 Å². The molecule has 1 aromatic rings. The zero-order valence-corrected chi connectivity index (χ0v) is 11.6. The van der Waals surface area contributed by atoms with Gasteiger partial charge in [0.15, 0.2) is 0 Å². The number of aromatic nitrogens is 1. The van der Waals surface area contributed by atoms with Gasteiger partial charge < -0.3 is 10.4 Å². The predicted molar refractivity (Wildman–Crippen MR) is 74.4 cm³/mol. The lowest BCUT2D eigenvalue weighted by Gasteiger charge is -2.22. The summed E-state index contributed by atoms with van der Waals surface area (Å²) in [6.07, 6.45) is 5.86. The molecule has 1 fully saturated rings. The Morgan fingerprint density at radius 2 is 2.05 bits per heavy atom. The smallest absolute Gasteiger partial charge is 0.308 e. The number of pyridine rings is 1. The van der Waals surface area contributed by atoms with E-state index in [-0.39, 0.29) is 11.9 Å². The third kappa shape index (κ3) is 3.56. The Kier molecular flexibility index (Phi) is 4.71. The summed E-state index contributed by atoms with van der Waals surface area (Å²) in [6, 6.07) is 3.08. The van der Waals surface area contributed by atoms with Crippen molar-refractivity contribution in [2.75, 3.05) is 0 Å². The summed E-state index contributed by atoms with van der Waals surface area (Å²) in [5.74, 6) is -1.51. The molecule has 108 valence electrons. The highest BCUT2D eigenvalue weighted by Crippen LogP contribution is 2.24. The van der Waals surface area contributed by atoms with E-state index in [4.69, 9.17) is 0 Å². The molecule has 0 saturated heterocycles. The quantitative estimate of drug-likeness (QED) is 0.829. The van der Waals surface area contributed by atoms with Gasteiger partial charge in [-0.2, -0.15) is 0 Å². The van der Waals surface area contributed by atoms with Gasteiger partial charge in [0.05, 0.1) is 5.92 Å². The molecule has 5 nitrogen and oxygen atoms in total. The summed E-state index contributed by atoms with van der Waals surface area (Å²) >= 11 is 0. The maximum atomic E-state index is 12.2. The second-order valence-electron chi connectivity index (χ2n) is 5.35. The fourth-order valence-corrected chi connectivity index (χ4v) is 2.71. The zero-order chi connectivity index (χ0) is 14.5. The average molecular weight is 276 g/mol. The predicted octanol–water partition coefficient (Wildman–Crippen LogP) is 2.15. The molecule has 1 heterocycles. The lowest BCUT2D eigenvalue weighted by atomic mass is 9.94. The van der Waals surface area contributed by atoms with Crippen LogP contribution in [0.2, 0.25) is 0 Å². The van der Waals surface area contributed by atoms with Crippen molar-refractivity contribution in [2.24, 2.45) is 5.92 Å². The SMILES string of the molecule is Cc1cc(C(=O)NC2CCCCCC2C(=O)O)ccn1. The van der Waals surface area contributed by atoms with Gasteiger partial charge in [0.2, 0.25) is 0 Å². The molecule has 1 aromatic heterocycles. The normalized spacial score (nSPS) is 22.9. The summed E-state index contributed by atoms with van der Waals surface area (Å²) in [4.78, 5) is 27.6. The Morgan fingerprint density at radius 3 is 2.75 bits per heavy atom. The zero-order valence-electron chi connectivity index (χ0n) is 11.6. The van der Waals surface area contributed by atoms with Gasteiger partial charge in [0, 0.05) is 23.5 Å². The highest BCUT2D eigenvalue weighted by atomic mass is 16.4. The molecule has 0 radical (unpaired) electrons. The van der Waals surface area contributed by atoms with Crippen LogP contribution in [0.15, 0.2) is 18.3 Å². The first-order valence-corrected chi connectivity index (χ1v) is 7.04. The number of hydrogen-bond donors (Lipinski definition) is 2. The fourth-order valence-electron chi connectivity index (χ4n) is 2.71. The molecular weight excluding hydrogens is 256 g/mol. The Bertz CT molecular complexity index is 502. The number of carbonyl (C=O) groups is 2. The molecule has 2 rings (SSSR count). The largest absolute Gasteiger partial charge is 0.481 e. The minimum absolute atomic E-state index is 0.214. The van der Waals surface area contributed by atoms with Gasteiger partial charge in [-0.15, -0.1) is 0 Å². The highest BCUT2D eigenvalue weighted by molar-refractivity contribution is 5.94. The van der Waals surface area contributed by atoms with Gasteiger partial charge >= 0.3 is 5.97 Å². The highest BCUT2D eigenvalue weighted by Gasteiger charge is 2.30. The van der Waals surface area contributed by atoms with Gasteiger partial charge in [-0.1, -0.05) is 19.3 Å². The lowest BCUT2D eigenvalue weighted by Crippen LogP contribution is -2.42. The molecule has 2 N–H and O–H groups in total. The molecule has 0 spiro atoms. The van der Waals surface area contributed by atoms with Crippen LogP contribution in [0.4, 0.5) is 0 Å². The number of carboxylic acid groups (broad SMARTS) is 1. The number of aryl methyl sites for hydroxylation is 1. The molecule has 1 aliphatic rings. The van der Waals surface area contributed by atoms with E-state index in [9.17, 15) is 14.7 Å². The number of nitrogens with one attached hydrogen (secondary N) is 1. The van der Waals surface area contributed by atoms with Crippen molar-refractivity contribution in [1.29, 1.82) is 0 Å². The lowest BCUT2D eigenvalue weighted by molar-refractivity contribution is -0.142. The number of carboxylic acids is 1. The first-order valence-electron chi connectivity index (χ1n) is 7.04. The number of amides is 1. The first kappa shape index (κ1) is 14.5. The molecule has 1 amide bonds. The van der Waals surface area contributed by atoms with E-state index in [1.54, 1.807) is 18.3 Å². The van der Waals surface area contributed by atoms with Crippen molar-refractivity contribution in [2.45, 2.75) is 45.1 Å². The van der Waals surface area contributed by atoms with Crippen molar-refractivity contribution in [3.05, 3.63) is 29.6 Å². The number of hydrogen-bond acceptors (Lipinski definition) is 3. The topological polar surface area (TPSA) is 79.3 Å². The average Bonchev–Trinajstić information content (AvgIpc) is 2.64. The standard InChI is InChI=1S/C15H20N2O3/c1-10-9-11(7-8-16-10)14(18)17-13-6-4-2-3-5-12(13)15(19)20/h7-9,12-13H,2-6H2,1H3,(H,17,18)(H,19,20). The number of nitrogens with zero attached hydrogens (tertiary/aromatic N) is 1. The first-order chi connectivity index (χ1) is 9.58. The Labute approximate surface area is 118 Å². The van der Waals surface area contributed by atoms with Gasteiger partial charge in [-0.05, 0) is 31.9 Å². The summed E-state index contributed by atoms with van der Waals surface area (Å²) in [7, 11) is 0. The Balaban J connectivity index is 2.09. The van der Waals surface area contributed by atoms with E-state index in [1.807, 2.05) is 6.92 Å². The van der Waals surface area contributed by atoms with Crippen LogP contribution >= 0.6 is 0 Å². The Morgan fingerprint density at radius 1 is 1.30 bits per heavy atom. The van der Waals surface area contributed by atoms with Gasteiger partial charge in [-0.25, -0.2) is 0 Å². The van der Waals surface area contributed by atoms with E-state index in [0.717, 1.165) is 31.4 Å². The van der Waals surface area contributed by atoms with Crippen LogP contribution in [0.3, 0.4) is 0 Å². The van der Waals surface area contributed by atoms with Crippen molar-refractivity contribution < 1.29 is 14.7 Å². The van der Waals surface area contributed by atoms with Crippen molar-refractivity contribution in [1.82, 2.24) is 10.3 Å². The summed E-state index contributed by atoms with van der Waals surface area (Å²) in [5.41, 5.74) is 1.30. The molecule has 2 atom stereocenters. The summed E-state index contributed by atoms with van der Waals surface area (Å²) in [5, 5.41) is 12.2. The van der Waals surface area contributed by atoms with Crippen LogP contribution in [0.1, 0.15) is 48.2 Å². The maximum Gasteiger partial charge on any atom is 0.308 e. The van der Waals surface area contributed by atoms with Gasteiger partial charge in [0.25, 0.3) is 5.91 Å². The fraction of sp³-hybridized carbons (Fsp3) is 0.533. The third-order valence-electron chi connectivity index (χ3n) is 3.81. The van der Waals surface area contributed by atoms with Gasteiger partial charge in [-0.3, -0.25) is 14.6 Å². The maximum absolute atomic E-state index is 12.2. The number of carbonyl (C=O) groups excluding carboxylic acids is 1. The van der Waals surface area contributed by atoms with Crippen LogP contribution in [-0.4, -0.2) is 28.0 Å². The molecular formula is C15H20N2O3. The van der Waals surface area contributed by atoms with Crippen molar-refractivity contribution in [3.63, 3.8) is 0 Å². The van der Waals surface area contributed by atoms with Crippen molar-refractivity contribution >= 4 is 11.9 Å². The van der Waals surface area contributed by atoms with Crippen LogP contribution in [0.25, 0.3) is 0 Å². The third-order valence-corrected chi connectivity index (χ3v) is 3.81. The summed E-state index contributed by atoms with van der Waals surface area (Å²) in [6.45, 7) is 1.82. The minimum Gasteiger partial charge on any atom is -0.481 e. The molecule has 2 unspecified atom stereocenters. The van der Waals surface area contributed by atoms with Gasteiger partial charge in [0.1, 0.15) is 0 Å². The van der Waals surface area contributed by atoms with E-state index in [1.165, 1.54) is 0 Å². The molecule has 0 aliphatic heterocycles.